The zero-order valence-electron chi connectivity index (χ0n) is 21.9. The smallest absolute Gasteiger partial charge is 0.426 e. The molecule has 2 aromatic carbocycles. The van der Waals surface area contributed by atoms with Gasteiger partial charge < -0.3 is 9.47 Å². The van der Waals surface area contributed by atoms with E-state index in [-0.39, 0.29) is 16.7 Å². The molecular weight excluding hydrogens is 626 g/mol. The van der Waals surface area contributed by atoms with Crippen LogP contribution in [0.1, 0.15) is 35.3 Å². The van der Waals surface area contributed by atoms with Gasteiger partial charge in [-0.3, -0.25) is 13.9 Å². The van der Waals surface area contributed by atoms with Crippen LogP contribution in [0.2, 0.25) is 0 Å². The van der Waals surface area contributed by atoms with Gasteiger partial charge in [-0.15, -0.1) is 0 Å². The second-order valence-electron chi connectivity index (χ2n) is 9.60. The summed E-state index contributed by atoms with van der Waals surface area (Å²) in [5, 5.41) is 0. The molecule has 0 aliphatic rings. The highest BCUT2D eigenvalue weighted by atomic mass is 32.2. The minimum absolute atomic E-state index is 0.0513. The molecule has 2 N–H and O–H groups in total. The maximum atomic E-state index is 13.3. The van der Waals surface area contributed by atoms with Crippen LogP contribution in [0.25, 0.3) is 11.1 Å². The van der Waals surface area contributed by atoms with Gasteiger partial charge in [0, 0.05) is 0 Å². The van der Waals surface area contributed by atoms with Gasteiger partial charge in [-0.2, -0.15) is 43.2 Å². The van der Waals surface area contributed by atoms with Crippen molar-refractivity contribution in [2.24, 2.45) is 0 Å². The summed E-state index contributed by atoms with van der Waals surface area (Å²) in [6, 6.07) is 8.93. The molecule has 2 unspecified atom stereocenters. The van der Waals surface area contributed by atoms with Crippen LogP contribution in [0.3, 0.4) is 0 Å². The van der Waals surface area contributed by atoms with Crippen LogP contribution in [0.5, 0.6) is 0 Å². The van der Waals surface area contributed by atoms with E-state index in [9.17, 15) is 52.8 Å². The molecule has 0 saturated carbocycles. The Balaban J connectivity index is 2.43. The van der Waals surface area contributed by atoms with E-state index < -0.39 is 79.2 Å². The van der Waals surface area contributed by atoms with Crippen molar-refractivity contribution < 1.29 is 71.3 Å². The minimum atomic E-state index is -5.33. The minimum Gasteiger partial charge on any atom is -0.451 e. The van der Waals surface area contributed by atoms with Gasteiger partial charge in [0.05, 0.1) is 11.0 Å². The largest absolute Gasteiger partial charge is 0.451 e. The monoisotopic (exact) mass is 650 g/mol. The molecular formula is C24H24F6O10S2. The van der Waals surface area contributed by atoms with E-state index in [1.165, 1.54) is 51.1 Å². The number of alkyl halides is 6. The summed E-state index contributed by atoms with van der Waals surface area (Å²) in [6.07, 6.45) is -17.0. The first-order valence-corrected chi connectivity index (χ1v) is 14.7. The summed E-state index contributed by atoms with van der Waals surface area (Å²) < 4.78 is 150. The topological polar surface area (TPSA) is 161 Å². The van der Waals surface area contributed by atoms with Gasteiger partial charge in [-0.05, 0) is 55.2 Å². The van der Waals surface area contributed by atoms with Crippen LogP contribution in [0.15, 0.2) is 42.5 Å². The molecule has 0 fully saturated rings. The van der Waals surface area contributed by atoms with Crippen molar-refractivity contribution in [1.29, 1.82) is 0 Å². The quantitative estimate of drug-likeness (QED) is 0.216. The van der Waals surface area contributed by atoms with Gasteiger partial charge in [0.2, 0.25) is 12.2 Å². The first-order valence-electron chi connectivity index (χ1n) is 11.5. The molecule has 2 atom stereocenters. The summed E-state index contributed by atoms with van der Waals surface area (Å²) in [5.74, 6) is -6.95. The van der Waals surface area contributed by atoms with Gasteiger partial charge in [-0.25, -0.2) is 4.79 Å². The number of aryl methyl sites for hydroxylation is 1. The molecule has 0 aliphatic carbocycles. The number of rotatable bonds is 10. The molecule has 18 heteroatoms. The Labute approximate surface area is 236 Å². The van der Waals surface area contributed by atoms with Crippen molar-refractivity contribution in [3.8, 4) is 11.1 Å². The number of halogens is 6. The Bertz CT molecular complexity index is 1550. The summed E-state index contributed by atoms with van der Waals surface area (Å²) in [4.78, 5) is 25.2. The van der Waals surface area contributed by atoms with E-state index in [0.29, 0.717) is 5.56 Å². The maximum Gasteiger partial charge on any atom is 0.426 e. The summed E-state index contributed by atoms with van der Waals surface area (Å²) >= 11 is 0. The fourth-order valence-corrected chi connectivity index (χ4v) is 4.78. The molecule has 0 radical (unpaired) electrons. The lowest BCUT2D eigenvalue weighted by Gasteiger charge is -2.28. The molecule has 42 heavy (non-hydrogen) atoms. The second-order valence-corrected chi connectivity index (χ2v) is 12.6. The van der Waals surface area contributed by atoms with Crippen LogP contribution < -0.4 is 0 Å². The lowest BCUT2D eigenvalue weighted by atomic mass is 9.83. The molecule has 0 heterocycles. The van der Waals surface area contributed by atoms with Gasteiger partial charge in [-0.1, -0.05) is 30.3 Å². The molecule has 0 aliphatic heterocycles. The molecule has 0 saturated heterocycles. The van der Waals surface area contributed by atoms with Crippen molar-refractivity contribution in [2.75, 3.05) is 11.5 Å². The van der Waals surface area contributed by atoms with Gasteiger partial charge in [0.25, 0.3) is 20.2 Å². The molecule has 0 amide bonds. The summed E-state index contributed by atoms with van der Waals surface area (Å²) in [6.45, 7) is 3.88. The third kappa shape index (κ3) is 9.67. The first-order chi connectivity index (χ1) is 18.8. The highest BCUT2D eigenvalue weighted by molar-refractivity contribution is 7.86. The lowest BCUT2D eigenvalue weighted by Crippen LogP contribution is -2.43. The fraction of sp³-hybridized carbons (Fsp3) is 0.417. The Kier molecular flexibility index (Phi) is 10.1. The SMILES string of the molecule is Cc1ccc(C(=O)OC(CS(=O)(=O)O)C(F)(F)F)cc1-c1cccc(C(C)(C)C(=O)OC(CS(=O)(=O)O)C(F)(F)F)c1. The highest BCUT2D eigenvalue weighted by Crippen LogP contribution is 2.34. The fourth-order valence-electron chi connectivity index (χ4n) is 3.50. The van der Waals surface area contributed by atoms with E-state index in [1.807, 2.05) is 0 Å². The molecule has 10 nitrogen and oxygen atoms in total. The average molecular weight is 651 g/mol. The van der Waals surface area contributed by atoms with Crippen molar-refractivity contribution >= 4 is 32.2 Å². The molecule has 0 bridgehead atoms. The Morgan fingerprint density at radius 3 is 1.79 bits per heavy atom. The molecule has 2 aromatic rings. The van der Waals surface area contributed by atoms with Crippen LogP contribution in [0.4, 0.5) is 26.3 Å². The zero-order valence-corrected chi connectivity index (χ0v) is 23.5. The van der Waals surface area contributed by atoms with E-state index in [0.717, 1.165) is 12.1 Å². The van der Waals surface area contributed by atoms with Crippen LogP contribution in [-0.4, -0.2) is 73.9 Å². The standard InChI is InChI=1S/C24H24F6O10S2/c1-13-7-8-15(20(31)39-18(23(25,26)27)11-41(33,34)35)10-17(13)14-5-4-6-16(9-14)22(2,3)21(32)40-19(24(28,29)30)12-42(36,37)38/h4-10,18-19H,11-12H2,1-3H3,(H,33,34,35)(H,36,37,38). The number of carbonyl (C=O) groups is 2. The lowest BCUT2D eigenvalue weighted by molar-refractivity contribution is -0.218. The van der Waals surface area contributed by atoms with E-state index in [4.69, 9.17) is 9.11 Å². The Morgan fingerprint density at radius 1 is 0.810 bits per heavy atom. The third-order valence-corrected chi connectivity index (χ3v) is 7.28. The second kappa shape index (κ2) is 12.2. The van der Waals surface area contributed by atoms with Crippen molar-refractivity contribution in [1.82, 2.24) is 0 Å². The number of esters is 2. The van der Waals surface area contributed by atoms with Gasteiger partial charge in [0.1, 0.15) is 11.5 Å². The van der Waals surface area contributed by atoms with Crippen molar-refractivity contribution in [2.45, 2.75) is 50.7 Å². The Hall–Kier alpha value is -3.22. The van der Waals surface area contributed by atoms with E-state index >= 15 is 0 Å². The number of carbonyl (C=O) groups excluding carboxylic acids is 2. The maximum absolute atomic E-state index is 13.3. The molecule has 234 valence electrons. The normalized spacial score (nSPS) is 14.6. The molecule has 0 spiro atoms. The molecule has 0 aromatic heterocycles. The predicted octanol–water partition coefficient (Wildman–Crippen LogP) is 4.28. The first kappa shape index (κ1) is 35.0. The van der Waals surface area contributed by atoms with Gasteiger partial charge in [0.15, 0.2) is 0 Å². The van der Waals surface area contributed by atoms with Crippen LogP contribution >= 0.6 is 0 Å². The number of hydrogen-bond acceptors (Lipinski definition) is 8. The van der Waals surface area contributed by atoms with E-state index in [1.54, 1.807) is 0 Å². The van der Waals surface area contributed by atoms with Gasteiger partial charge >= 0.3 is 24.3 Å². The summed E-state index contributed by atoms with van der Waals surface area (Å²) in [5.41, 5.74) is -1.36. The third-order valence-electron chi connectivity index (χ3n) is 5.83. The zero-order chi connectivity index (χ0) is 32.5. The molecule has 2 rings (SSSR count). The van der Waals surface area contributed by atoms with E-state index in [2.05, 4.69) is 9.47 Å². The summed E-state index contributed by atoms with van der Waals surface area (Å²) in [7, 11) is -10.4. The number of hydrogen-bond donors (Lipinski definition) is 2. The number of benzene rings is 2. The highest BCUT2D eigenvalue weighted by Gasteiger charge is 2.48. The van der Waals surface area contributed by atoms with Crippen molar-refractivity contribution in [3.63, 3.8) is 0 Å². The Morgan fingerprint density at radius 2 is 1.31 bits per heavy atom. The van der Waals surface area contributed by atoms with Crippen LogP contribution in [0, 0.1) is 6.92 Å². The predicted molar refractivity (Wildman–Crippen MR) is 134 cm³/mol. The van der Waals surface area contributed by atoms with Crippen molar-refractivity contribution in [3.05, 3.63) is 59.2 Å². The van der Waals surface area contributed by atoms with Crippen LogP contribution in [-0.2, 0) is 39.9 Å². The average Bonchev–Trinajstić information content (AvgIpc) is 2.80. The number of ether oxygens (including phenoxy) is 2.